The first-order valence-electron chi connectivity index (χ1n) is 9.23. The van der Waals surface area contributed by atoms with E-state index < -0.39 is 0 Å². The molecule has 4 aromatic rings. The minimum absolute atomic E-state index is 0.276. The van der Waals surface area contributed by atoms with Crippen LogP contribution < -0.4 is 15.4 Å². The Morgan fingerprint density at radius 3 is 2.28 bits per heavy atom. The smallest absolute Gasteiger partial charge is 0.144 e. The molecule has 0 radical (unpaired) electrons. The fraction of sp³-hybridized carbons (Fsp3) is 0.130. The predicted octanol–water partition coefficient (Wildman–Crippen LogP) is 5.19. The minimum Gasteiger partial charge on any atom is -0.497 e. The highest BCUT2D eigenvalue weighted by molar-refractivity contribution is 6.30. The molecule has 1 aromatic heterocycles. The second-order valence-corrected chi connectivity index (χ2v) is 7.10. The molecule has 4 rings (SSSR count). The Bertz CT molecular complexity index is 1140. The average molecular weight is 405 g/mol. The number of hydrogen-bond donors (Lipinski definition) is 1. The number of nitrogens with zero attached hydrogens (tertiary/aromatic N) is 3. The highest BCUT2D eigenvalue weighted by Crippen LogP contribution is 2.33. The van der Waals surface area contributed by atoms with Gasteiger partial charge in [0.2, 0.25) is 0 Å². The molecule has 0 fully saturated rings. The van der Waals surface area contributed by atoms with Crippen molar-refractivity contribution in [3.8, 4) is 16.9 Å². The van der Waals surface area contributed by atoms with Crippen molar-refractivity contribution in [2.24, 2.45) is 5.73 Å². The number of aromatic nitrogens is 2. The average Bonchev–Trinajstić information content (AvgIpc) is 2.78. The number of nitrogens with two attached hydrogens (primary N) is 1. The van der Waals surface area contributed by atoms with Crippen molar-refractivity contribution in [1.82, 2.24) is 9.97 Å². The van der Waals surface area contributed by atoms with Gasteiger partial charge in [-0.15, -0.1) is 0 Å². The Hall–Kier alpha value is -3.15. The summed E-state index contributed by atoms with van der Waals surface area (Å²) < 4.78 is 5.26. The van der Waals surface area contributed by atoms with Crippen molar-refractivity contribution in [2.75, 3.05) is 19.1 Å². The molecule has 2 N–H and O–H groups in total. The number of hydrogen-bond acceptors (Lipinski definition) is 5. The van der Waals surface area contributed by atoms with Crippen LogP contribution in [0.2, 0.25) is 5.02 Å². The molecule has 0 spiro atoms. The Balaban J connectivity index is 1.85. The predicted molar refractivity (Wildman–Crippen MR) is 119 cm³/mol. The summed E-state index contributed by atoms with van der Waals surface area (Å²) in [4.78, 5) is 11.4. The zero-order valence-electron chi connectivity index (χ0n) is 16.3. The van der Waals surface area contributed by atoms with Gasteiger partial charge in [-0.25, -0.2) is 9.97 Å². The zero-order chi connectivity index (χ0) is 20.4. The van der Waals surface area contributed by atoms with Gasteiger partial charge in [-0.2, -0.15) is 0 Å². The lowest BCUT2D eigenvalue weighted by molar-refractivity contribution is 0.415. The van der Waals surface area contributed by atoms with E-state index >= 15 is 0 Å². The van der Waals surface area contributed by atoms with Crippen LogP contribution in [0.1, 0.15) is 5.82 Å². The van der Waals surface area contributed by atoms with Crippen LogP contribution in [0.5, 0.6) is 5.75 Å². The van der Waals surface area contributed by atoms with Crippen molar-refractivity contribution in [2.45, 2.75) is 6.54 Å². The van der Waals surface area contributed by atoms with Crippen molar-refractivity contribution < 1.29 is 4.74 Å². The van der Waals surface area contributed by atoms with Crippen LogP contribution in [-0.2, 0) is 6.54 Å². The molecule has 5 nitrogen and oxygen atoms in total. The van der Waals surface area contributed by atoms with Gasteiger partial charge in [-0.3, -0.25) is 0 Å². The fourth-order valence-electron chi connectivity index (χ4n) is 3.26. The van der Waals surface area contributed by atoms with Crippen LogP contribution in [0, 0.1) is 0 Å². The van der Waals surface area contributed by atoms with E-state index in [-0.39, 0.29) is 6.54 Å². The highest BCUT2D eigenvalue weighted by Gasteiger charge is 2.14. The van der Waals surface area contributed by atoms with Crippen molar-refractivity contribution in [3.05, 3.63) is 77.6 Å². The molecule has 0 bridgehead atoms. The maximum Gasteiger partial charge on any atom is 0.144 e. The number of rotatable bonds is 5. The second-order valence-electron chi connectivity index (χ2n) is 6.66. The first kappa shape index (κ1) is 19.2. The summed E-state index contributed by atoms with van der Waals surface area (Å²) in [5.41, 5.74) is 9.85. The molecule has 0 atom stereocenters. The summed E-state index contributed by atoms with van der Waals surface area (Å²) in [5.74, 6) is 2.21. The molecule has 0 amide bonds. The molecule has 0 saturated heterocycles. The van der Waals surface area contributed by atoms with Crippen LogP contribution >= 0.6 is 11.6 Å². The van der Waals surface area contributed by atoms with E-state index in [9.17, 15) is 0 Å². The van der Waals surface area contributed by atoms with Gasteiger partial charge in [0.25, 0.3) is 0 Å². The Morgan fingerprint density at radius 1 is 0.931 bits per heavy atom. The van der Waals surface area contributed by atoms with Crippen LogP contribution in [0.4, 0.5) is 11.5 Å². The number of halogens is 1. The molecule has 1 heterocycles. The molecule has 0 aliphatic carbocycles. The van der Waals surface area contributed by atoms with E-state index in [2.05, 4.69) is 17.1 Å². The van der Waals surface area contributed by atoms with Crippen LogP contribution in [-0.4, -0.2) is 24.1 Å². The highest BCUT2D eigenvalue weighted by atomic mass is 35.5. The summed E-state index contributed by atoms with van der Waals surface area (Å²) in [6.45, 7) is 0.276. The van der Waals surface area contributed by atoms with Gasteiger partial charge in [0.1, 0.15) is 17.4 Å². The van der Waals surface area contributed by atoms with E-state index in [1.54, 1.807) is 7.11 Å². The zero-order valence-corrected chi connectivity index (χ0v) is 17.0. The van der Waals surface area contributed by atoms with Gasteiger partial charge in [0.05, 0.1) is 19.2 Å². The summed E-state index contributed by atoms with van der Waals surface area (Å²) in [5, 5.41) is 1.67. The molecular formula is C23H21ClN4O. The lowest BCUT2D eigenvalue weighted by atomic mass is 10.0. The number of benzene rings is 3. The van der Waals surface area contributed by atoms with Crippen LogP contribution in [0.25, 0.3) is 22.0 Å². The first-order valence-corrected chi connectivity index (χ1v) is 9.61. The van der Waals surface area contributed by atoms with Gasteiger partial charge in [0.15, 0.2) is 0 Å². The van der Waals surface area contributed by atoms with Crippen molar-refractivity contribution in [1.29, 1.82) is 0 Å². The monoisotopic (exact) mass is 404 g/mol. The molecule has 146 valence electrons. The SMILES string of the molecule is COc1ccc(N(C)c2nc(CN)nc3ccc(-c4ccc(Cl)cc4)cc23)cc1. The molecule has 0 aliphatic rings. The minimum atomic E-state index is 0.276. The molecule has 0 unspecified atom stereocenters. The maximum atomic E-state index is 6.04. The Morgan fingerprint density at radius 2 is 1.62 bits per heavy atom. The van der Waals surface area contributed by atoms with Gasteiger partial charge in [-0.1, -0.05) is 29.8 Å². The number of ether oxygens (including phenoxy) is 1. The van der Waals surface area contributed by atoms with Crippen molar-refractivity contribution >= 4 is 34.0 Å². The molecule has 6 heteroatoms. The Kier molecular flexibility index (Phi) is 5.34. The molecule has 0 saturated carbocycles. The summed E-state index contributed by atoms with van der Waals surface area (Å²) in [6.07, 6.45) is 0. The standard InChI is InChI=1S/C23H21ClN4O/c1-28(18-8-10-19(29-2)11-9-18)23-20-13-16(15-3-6-17(24)7-4-15)5-12-21(20)26-22(14-25)27-23/h3-13H,14,25H2,1-2H3. The van der Waals surface area contributed by atoms with Crippen LogP contribution in [0.3, 0.4) is 0 Å². The first-order chi connectivity index (χ1) is 14.1. The summed E-state index contributed by atoms with van der Waals surface area (Å²) >= 11 is 6.04. The van der Waals surface area contributed by atoms with Gasteiger partial charge >= 0.3 is 0 Å². The van der Waals surface area contributed by atoms with E-state index in [0.717, 1.165) is 39.3 Å². The number of fused-ring (bicyclic) bond motifs is 1. The van der Waals surface area contributed by atoms with Crippen LogP contribution in [0.15, 0.2) is 66.7 Å². The quantitative estimate of drug-likeness (QED) is 0.496. The lowest BCUT2D eigenvalue weighted by Crippen LogP contribution is -2.14. The third-order valence-corrected chi connectivity index (χ3v) is 5.11. The number of methoxy groups -OCH3 is 1. The summed E-state index contributed by atoms with van der Waals surface area (Å²) in [7, 11) is 3.64. The molecule has 0 aliphatic heterocycles. The maximum absolute atomic E-state index is 6.04. The molecule has 3 aromatic carbocycles. The normalized spacial score (nSPS) is 10.9. The van der Waals surface area contributed by atoms with E-state index in [1.807, 2.05) is 66.5 Å². The van der Waals surface area contributed by atoms with Gasteiger partial charge < -0.3 is 15.4 Å². The van der Waals surface area contributed by atoms with Gasteiger partial charge in [-0.05, 0) is 59.7 Å². The largest absolute Gasteiger partial charge is 0.497 e. The lowest BCUT2D eigenvalue weighted by Gasteiger charge is -2.21. The molecular weight excluding hydrogens is 384 g/mol. The summed E-state index contributed by atoms with van der Waals surface area (Å²) in [6, 6.07) is 21.8. The second kappa shape index (κ2) is 8.07. The molecule has 29 heavy (non-hydrogen) atoms. The topological polar surface area (TPSA) is 64.3 Å². The van der Waals surface area contributed by atoms with E-state index in [1.165, 1.54) is 0 Å². The van der Waals surface area contributed by atoms with E-state index in [4.69, 9.17) is 27.1 Å². The van der Waals surface area contributed by atoms with Gasteiger partial charge in [0, 0.05) is 23.1 Å². The number of anilines is 2. The van der Waals surface area contributed by atoms with E-state index in [0.29, 0.717) is 10.8 Å². The Labute approximate surface area is 174 Å². The third-order valence-electron chi connectivity index (χ3n) is 4.86. The fourth-order valence-corrected chi connectivity index (χ4v) is 3.38. The van der Waals surface area contributed by atoms with Crippen molar-refractivity contribution in [3.63, 3.8) is 0 Å². The third kappa shape index (κ3) is 3.88.